The minimum absolute atomic E-state index is 0.207. The number of aromatic amines is 3. The number of halogens is 4. The number of amides is 1. The van der Waals surface area contributed by atoms with Crippen LogP contribution >= 0.6 is 34.8 Å². The van der Waals surface area contributed by atoms with E-state index in [4.69, 9.17) is 45.3 Å². The van der Waals surface area contributed by atoms with Crippen molar-refractivity contribution in [3.05, 3.63) is 178 Å². The Morgan fingerprint density at radius 1 is 0.513 bits per heavy atom. The molecule has 34 heteroatoms. The number of morpholine rings is 1. The Labute approximate surface area is 688 Å². The van der Waals surface area contributed by atoms with Crippen LogP contribution in [-0.4, -0.2) is 216 Å². The van der Waals surface area contributed by atoms with Crippen LogP contribution in [0.25, 0.3) is 0 Å². The molecule has 0 unspecified atom stereocenters. The van der Waals surface area contributed by atoms with Crippen molar-refractivity contribution < 1.29 is 30.8 Å². The molecule has 6 aliphatic rings. The third kappa shape index (κ3) is 22.9. The highest BCUT2D eigenvalue weighted by atomic mass is 35.5. The topological polar surface area (TPSA) is 348 Å². The van der Waals surface area contributed by atoms with Crippen LogP contribution in [0.2, 0.25) is 15.1 Å². The smallest absolute Gasteiger partial charge is 0.231 e. The number of aromatic nitrogens is 12. The van der Waals surface area contributed by atoms with E-state index >= 15 is 4.39 Å². The molecule has 0 bridgehead atoms. The summed E-state index contributed by atoms with van der Waals surface area (Å²) in [5.74, 6) is 4.98. The van der Waals surface area contributed by atoms with Crippen molar-refractivity contribution in [2.75, 3.05) is 131 Å². The fraction of sp³-hybridized carbons (Fsp3) is 0.506. The normalized spacial score (nSPS) is 17.3. The molecule has 0 radical (unpaired) electrons. The van der Waals surface area contributed by atoms with Crippen LogP contribution in [0.4, 0.5) is 50.9 Å². The summed E-state index contributed by atoms with van der Waals surface area (Å²) in [6.07, 6.45) is 15.6. The van der Waals surface area contributed by atoms with Crippen LogP contribution in [0.3, 0.4) is 0 Å². The summed E-state index contributed by atoms with van der Waals surface area (Å²) in [7, 11) is -6.43. The molecule has 15 rings (SSSR count). The lowest BCUT2D eigenvalue weighted by Gasteiger charge is -2.33. The molecule has 115 heavy (non-hydrogen) atoms. The molecule has 1 amide bonds. The zero-order valence-electron chi connectivity index (χ0n) is 66.6. The maximum atomic E-state index is 15.2. The molecule has 0 atom stereocenters. The maximum Gasteiger partial charge on any atom is 0.231 e. The fourth-order valence-corrected chi connectivity index (χ4v) is 19.3. The van der Waals surface area contributed by atoms with Crippen LogP contribution in [0.5, 0.6) is 0 Å². The van der Waals surface area contributed by atoms with Gasteiger partial charge in [0, 0.05) is 105 Å². The summed E-state index contributed by atoms with van der Waals surface area (Å²) in [4.78, 5) is 44.6. The molecule has 11 heterocycles. The lowest BCUT2D eigenvalue weighted by Crippen LogP contribution is -2.41. The first kappa shape index (κ1) is 84.6. The number of piperidine rings is 3. The zero-order chi connectivity index (χ0) is 81.1. The summed E-state index contributed by atoms with van der Waals surface area (Å²) >= 11 is 19.0. The Bertz CT molecular complexity index is 5090. The van der Waals surface area contributed by atoms with Crippen molar-refractivity contribution in [1.82, 2.24) is 83.8 Å². The van der Waals surface area contributed by atoms with Crippen molar-refractivity contribution >= 4 is 107 Å². The number of hydrogen-bond acceptors (Lipinski definition) is 22. The van der Waals surface area contributed by atoms with Gasteiger partial charge in [0.15, 0.2) is 23.3 Å². The first-order chi connectivity index (χ1) is 55.2. The summed E-state index contributed by atoms with van der Waals surface area (Å²) in [5, 5.41) is 35.8. The van der Waals surface area contributed by atoms with Gasteiger partial charge in [0.25, 0.3) is 0 Å². The van der Waals surface area contributed by atoms with E-state index in [1.54, 1.807) is 33.3 Å². The van der Waals surface area contributed by atoms with Gasteiger partial charge in [0.05, 0.1) is 60.1 Å². The predicted octanol–water partition coefficient (Wildman–Crippen LogP) is 13.4. The summed E-state index contributed by atoms with van der Waals surface area (Å²) < 4.78 is 75.7. The monoisotopic (exact) mass is 1670 g/mol. The number of primary amides is 1. The number of aryl methyl sites for hydroxylation is 7. The summed E-state index contributed by atoms with van der Waals surface area (Å²) in [6.45, 7) is 25.5. The van der Waals surface area contributed by atoms with Crippen LogP contribution < -0.4 is 27.0 Å². The molecule has 9 N–H and O–H groups in total. The third-order valence-corrected chi connectivity index (χ3v) is 27.3. The van der Waals surface area contributed by atoms with E-state index in [-0.39, 0.29) is 35.7 Å². The van der Waals surface area contributed by atoms with Crippen molar-refractivity contribution in [2.45, 2.75) is 156 Å². The molecule has 1 saturated carbocycles. The largest absolute Gasteiger partial charge is 0.379 e. The quantitative estimate of drug-likeness (QED) is 0.0226. The van der Waals surface area contributed by atoms with Crippen molar-refractivity contribution in [1.29, 1.82) is 0 Å². The van der Waals surface area contributed by atoms with Crippen LogP contribution in [0, 0.1) is 54.3 Å². The molecule has 5 aliphatic heterocycles. The number of nitrogens with one attached hydrogen (secondary N) is 7. The van der Waals surface area contributed by atoms with Gasteiger partial charge in [-0.3, -0.25) is 29.9 Å². The molecule has 616 valence electrons. The Morgan fingerprint density at radius 3 is 1.46 bits per heavy atom. The Balaban J connectivity index is 0.000000151. The van der Waals surface area contributed by atoms with Gasteiger partial charge in [-0.2, -0.15) is 25.3 Å². The molecular weight excluding hydrogens is 1570 g/mol. The second-order valence-electron chi connectivity index (χ2n) is 31.4. The summed E-state index contributed by atoms with van der Waals surface area (Å²) in [5.41, 5.74) is 21.5. The first-order valence-corrected chi connectivity index (χ1v) is 44.3. The van der Waals surface area contributed by atoms with E-state index in [0.717, 1.165) is 166 Å². The van der Waals surface area contributed by atoms with Crippen molar-refractivity contribution in [3.8, 4) is 0 Å². The summed E-state index contributed by atoms with van der Waals surface area (Å²) in [6, 6.07) is 18.0. The second-order valence-corrected chi connectivity index (χ2v) is 36.8. The van der Waals surface area contributed by atoms with Gasteiger partial charge in [-0.25, -0.2) is 49.8 Å². The molecule has 6 aromatic heterocycles. The highest BCUT2D eigenvalue weighted by Crippen LogP contribution is 2.41. The van der Waals surface area contributed by atoms with Gasteiger partial charge in [-0.15, -0.1) is 0 Å². The lowest BCUT2D eigenvalue weighted by molar-refractivity contribution is -0.119. The standard InChI is InChI=1S/C28H39ClN8O3S.C27H37ClN8O2S.C26H30ClFN6O/c1-19-16-25(31-28-30-18-24(29)27(33-28)32-26-17-21(3)34-35-26)20(2)15-23(19)22-5-8-37(9-6-22)41(38,39)14-4-7-36-10-12-40-13-11-36;1-18-15-24(30-27-29-17-23(28)26(32-27)31-25-16-20(3)33-34-25)19(2)14-22(18)21-6-11-36(12-7-21)39(37,38)13-5-10-35-8-4-9-35;1-15-8-18(22(28)12-20(15)16-4-6-34(7-5-16)14-25(29)35)9-26-30-13-21(27)24(31-26)11-19-10-23(33-32-19)17-2-3-17/h15-18,22H,4-14H2,1-3H3,(H3,30,31,32,33,34,35);14-17,21H,4-13H2,1-3H3,(H3,29,30,31,32,33,34);8,10,12-13,16-17H,2-7,9,11,14H2,1H3,(H2,29,35)(H,32,33). The molecule has 3 aromatic carbocycles. The molecule has 5 saturated heterocycles. The number of nitrogens with zero attached hydrogens (tertiary/aromatic N) is 14. The SMILES string of the molecule is Cc1cc(Cc2ncc(Cl)c(Cc3cc(C4CC4)n[nH]3)n2)c(F)cc1C1CCN(CC(N)=O)CC1.Cc1cc(Nc2nc(Nc3cc(C)c(C4CCN(S(=O)(=O)CCCN5CCC5)CC4)cc3C)ncc2Cl)n[nH]1.Cc1cc(Nc2nc(Nc3cc(C)c(C4CCN(S(=O)(=O)CCCN5CCOCC5)CC4)cc3C)ncc2Cl)n[nH]1. The van der Waals surface area contributed by atoms with Gasteiger partial charge < -0.3 is 36.6 Å². The van der Waals surface area contributed by atoms with Gasteiger partial charge in [-0.1, -0.05) is 53.0 Å². The van der Waals surface area contributed by atoms with E-state index in [2.05, 4.69) is 154 Å². The van der Waals surface area contributed by atoms with Crippen molar-refractivity contribution in [3.63, 3.8) is 0 Å². The first-order valence-electron chi connectivity index (χ1n) is 39.9. The Morgan fingerprint density at radius 2 is 0.991 bits per heavy atom. The number of carbonyl (C=O) groups is 1. The number of ether oxygens (including phenoxy) is 1. The van der Waals surface area contributed by atoms with Crippen LogP contribution in [0.15, 0.2) is 73.2 Å². The number of benzene rings is 3. The van der Waals surface area contributed by atoms with Gasteiger partial charge in [-0.05, 0) is 250 Å². The molecule has 0 spiro atoms. The highest BCUT2D eigenvalue weighted by molar-refractivity contribution is 7.89. The number of carbonyl (C=O) groups excluding carboxylic acids is 1. The second kappa shape index (κ2) is 38.4. The number of likely N-dealkylation sites (tertiary alicyclic amines) is 2. The number of nitrogens with two attached hydrogens (primary N) is 1. The molecule has 28 nitrogen and oxygen atoms in total. The van der Waals surface area contributed by atoms with Gasteiger partial charge in [0.1, 0.15) is 21.7 Å². The average Bonchev–Trinajstić information content (AvgIpc) is 1.39. The van der Waals surface area contributed by atoms with E-state index in [0.29, 0.717) is 137 Å². The Kier molecular flexibility index (Phi) is 28.2. The number of anilines is 8. The maximum absolute atomic E-state index is 15.2. The molecule has 9 aromatic rings. The number of sulfonamides is 2. The molecule has 6 fully saturated rings. The van der Waals surface area contributed by atoms with Gasteiger partial charge in [0.2, 0.25) is 37.9 Å². The zero-order valence-corrected chi connectivity index (χ0v) is 70.5. The van der Waals surface area contributed by atoms with E-state index in [9.17, 15) is 21.6 Å². The van der Waals surface area contributed by atoms with E-state index in [1.807, 2.05) is 39.0 Å². The van der Waals surface area contributed by atoms with E-state index < -0.39 is 20.0 Å². The third-order valence-electron chi connectivity index (χ3n) is 22.6. The fourth-order valence-electron chi connectivity index (χ4n) is 15.8. The lowest BCUT2D eigenvalue weighted by atomic mass is 9.85. The number of hydrogen-bond donors (Lipinski definition) is 8. The minimum atomic E-state index is -3.24. The average molecular weight is 1670 g/mol. The predicted molar refractivity (Wildman–Crippen MR) is 450 cm³/mol. The number of rotatable bonds is 28. The Hall–Kier alpha value is -8.34. The highest BCUT2D eigenvalue weighted by Gasteiger charge is 2.33. The molecule has 1 aliphatic carbocycles. The van der Waals surface area contributed by atoms with Crippen molar-refractivity contribution in [2.24, 2.45) is 5.73 Å². The van der Waals surface area contributed by atoms with Gasteiger partial charge >= 0.3 is 0 Å². The molecular formula is C81H106Cl3FN22O6S2. The number of H-pyrrole nitrogens is 3. The minimum Gasteiger partial charge on any atom is -0.379 e. The van der Waals surface area contributed by atoms with E-state index in [1.165, 1.54) is 36.0 Å². The van der Waals surface area contributed by atoms with Crippen LogP contribution in [-0.2, 0) is 42.4 Å². The van der Waals surface area contributed by atoms with Crippen LogP contribution in [0.1, 0.15) is 179 Å².